The third-order valence-electron chi connectivity index (χ3n) is 2.37. The Hall–Kier alpha value is -1.03. The summed E-state index contributed by atoms with van der Waals surface area (Å²) in [6, 6.07) is 5.39. The molecule has 2 N–H and O–H groups in total. The van der Waals surface area contributed by atoms with E-state index in [1.807, 2.05) is 12.1 Å². The van der Waals surface area contributed by atoms with Gasteiger partial charge in [0.05, 0.1) is 10.5 Å². The van der Waals surface area contributed by atoms with Crippen LogP contribution in [-0.4, -0.2) is 11.0 Å². The van der Waals surface area contributed by atoms with Gasteiger partial charge in [-0.25, -0.2) is 0 Å². The van der Waals surface area contributed by atoms with Crippen molar-refractivity contribution in [1.82, 2.24) is 5.32 Å². The second kappa shape index (κ2) is 3.61. The maximum absolute atomic E-state index is 11.0. The summed E-state index contributed by atoms with van der Waals surface area (Å²) in [4.78, 5) is 11.0. The minimum Gasteiger partial charge on any atom is -0.507 e. The Morgan fingerprint density at radius 2 is 2.29 bits per heavy atom. The standard InChI is InChI=1S/C10H10BrNO2/c11-7-5-6(1-3-9(7)13)8-2-4-10(14)12-8/h1,3,5,8,13H,2,4H2,(H,12,14)/t8-/m0/s1. The molecule has 0 unspecified atom stereocenters. The molecule has 0 saturated carbocycles. The van der Waals surface area contributed by atoms with Crippen LogP contribution in [0.5, 0.6) is 5.75 Å². The number of aromatic hydroxyl groups is 1. The molecule has 3 nitrogen and oxygen atoms in total. The third-order valence-corrected chi connectivity index (χ3v) is 3.00. The summed E-state index contributed by atoms with van der Waals surface area (Å²) in [7, 11) is 0. The number of phenols is 1. The molecule has 1 heterocycles. The van der Waals surface area contributed by atoms with Crippen LogP contribution in [0.1, 0.15) is 24.4 Å². The summed E-state index contributed by atoms with van der Waals surface area (Å²) < 4.78 is 0.663. The minimum absolute atomic E-state index is 0.0965. The molecular weight excluding hydrogens is 246 g/mol. The number of nitrogens with one attached hydrogen (secondary N) is 1. The topological polar surface area (TPSA) is 49.3 Å². The minimum atomic E-state index is 0.0965. The second-order valence-electron chi connectivity index (χ2n) is 3.37. The molecule has 14 heavy (non-hydrogen) atoms. The SMILES string of the molecule is O=C1CC[C@@H](c2ccc(O)c(Br)c2)N1. The lowest BCUT2D eigenvalue weighted by Crippen LogP contribution is -2.18. The summed E-state index contributed by atoms with van der Waals surface area (Å²) in [5.74, 6) is 0.317. The lowest BCUT2D eigenvalue weighted by molar-refractivity contribution is -0.119. The highest BCUT2D eigenvalue weighted by molar-refractivity contribution is 9.10. The Morgan fingerprint density at radius 3 is 2.86 bits per heavy atom. The van der Waals surface area contributed by atoms with E-state index in [9.17, 15) is 9.90 Å². The van der Waals surface area contributed by atoms with E-state index in [1.54, 1.807) is 6.07 Å². The second-order valence-corrected chi connectivity index (χ2v) is 4.22. The van der Waals surface area contributed by atoms with Gasteiger partial charge in [-0.2, -0.15) is 0 Å². The lowest BCUT2D eigenvalue weighted by atomic mass is 10.1. The van der Waals surface area contributed by atoms with Crippen LogP contribution < -0.4 is 5.32 Å². The van der Waals surface area contributed by atoms with E-state index in [0.717, 1.165) is 12.0 Å². The smallest absolute Gasteiger partial charge is 0.220 e. The number of amides is 1. The molecule has 4 heteroatoms. The molecule has 0 radical (unpaired) electrons. The van der Waals surface area contributed by atoms with Gasteiger partial charge in [-0.3, -0.25) is 4.79 Å². The molecule has 1 aliphatic heterocycles. The van der Waals surface area contributed by atoms with E-state index < -0.39 is 0 Å². The van der Waals surface area contributed by atoms with Crippen LogP contribution in [0.25, 0.3) is 0 Å². The zero-order valence-corrected chi connectivity index (χ0v) is 9.04. The first-order valence-corrected chi connectivity index (χ1v) is 5.24. The Labute approximate surface area is 90.3 Å². The molecule has 1 fully saturated rings. The quantitative estimate of drug-likeness (QED) is 0.808. The first kappa shape index (κ1) is 9.52. The van der Waals surface area contributed by atoms with Gasteiger partial charge in [0.15, 0.2) is 0 Å². The third kappa shape index (κ3) is 1.75. The highest BCUT2D eigenvalue weighted by Gasteiger charge is 2.22. The zero-order valence-electron chi connectivity index (χ0n) is 7.46. The molecule has 2 rings (SSSR count). The fourth-order valence-electron chi connectivity index (χ4n) is 1.60. The molecule has 0 bridgehead atoms. The van der Waals surface area contributed by atoms with Crippen molar-refractivity contribution in [2.75, 3.05) is 0 Å². The number of phenolic OH excluding ortho intramolecular Hbond substituents is 1. The fraction of sp³-hybridized carbons (Fsp3) is 0.300. The van der Waals surface area contributed by atoms with Crippen LogP contribution in [0.15, 0.2) is 22.7 Å². The van der Waals surface area contributed by atoms with Crippen molar-refractivity contribution in [3.8, 4) is 5.75 Å². The van der Waals surface area contributed by atoms with Crippen molar-refractivity contribution in [2.45, 2.75) is 18.9 Å². The molecule has 1 amide bonds. The molecule has 74 valence electrons. The van der Waals surface area contributed by atoms with Crippen LogP contribution >= 0.6 is 15.9 Å². The Morgan fingerprint density at radius 1 is 1.50 bits per heavy atom. The first-order chi connectivity index (χ1) is 6.66. The van der Waals surface area contributed by atoms with E-state index >= 15 is 0 Å². The molecule has 0 aromatic heterocycles. The number of benzene rings is 1. The molecule has 1 saturated heterocycles. The van der Waals surface area contributed by atoms with Gasteiger partial charge in [0, 0.05) is 6.42 Å². The van der Waals surface area contributed by atoms with E-state index in [1.165, 1.54) is 0 Å². The van der Waals surface area contributed by atoms with Gasteiger partial charge < -0.3 is 10.4 Å². The van der Waals surface area contributed by atoms with Crippen molar-refractivity contribution < 1.29 is 9.90 Å². The average Bonchev–Trinajstić information content (AvgIpc) is 2.57. The first-order valence-electron chi connectivity index (χ1n) is 4.44. The Kier molecular flexibility index (Phi) is 2.46. The molecular formula is C10H10BrNO2. The summed E-state index contributed by atoms with van der Waals surface area (Å²) in [6.45, 7) is 0. The predicted molar refractivity (Wildman–Crippen MR) is 55.9 cm³/mol. The van der Waals surface area contributed by atoms with Gasteiger partial charge in [0.2, 0.25) is 5.91 Å². The molecule has 1 atom stereocenters. The van der Waals surface area contributed by atoms with E-state index in [4.69, 9.17) is 0 Å². The monoisotopic (exact) mass is 255 g/mol. The summed E-state index contributed by atoms with van der Waals surface area (Å²) >= 11 is 3.25. The predicted octanol–water partition coefficient (Wildman–Crippen LogP) is 2.11. The van der Waals surface area contributed by atoms with Gasteiger partial charge in [-0.15, -0.1) is 0 Å². The van der Waals surface area contributed by atoms with Gasteiger partial charge in [-0.1, -0.05) is 6.07 Å². The van der Waals surface area contributed by atoms with Crippen molar-refractivity contribution >= 4 is 21.8 Å². The Balaban J connectivity index is 2.24. The highest BCUT2D eigenvalue weighted by atomic mass is 79.9. The number of hydrogen-bond donors (Lipinski definition) is 2. The van der Waals surface area contributed by atoms with Crippen LogP contribution in [0.4, 0.5) is 0 Å². The van der Waals surface area contributed by atoms with Gasteiger partial charge in [-0.05, 0) is 40.0 Å². The van der Waals surface area contributed by atoms with Crippen molar-refractivity contribution in [3.05, 3.63) is 28.2 Å². The summed E-state index contributed by atoms with van der Waals surface area (Å²) in [5.41, 5.74) is 1.03. The van der Waals surface area contributed by atoms with E-state index in [0.29, 0.717) is 10.9 Å². The number of halogens is 1. The van der Waals surface area contributed by atoms with Crippen molar-refractivity contribution in [2.24, 2.45) is 0 Å². The molecule has 0 spiro atoms. The van der Waals surface area contributed by atoms with Crippen molar-refractivity contribution in [3.63, 3.8) is 0 Å². The van der Waals surface area contributed by atoms with E-state index in [2.05, 4.69) is 21.2 Å². The molecule has 1 aromatic rings. The van der Waals surface area contributed by atoms with Gasteiger partial charge in [0.1, 0.15) is 5.75 Å². The van der Waals surface area contributed by atoms with E-state index in [-0.39, 0.29) is 17.7 Å². The maximum Gasteiger partial charge on any atom is 0.220 e. The summed E-state index contributed by atoms with van der Waals surface area (Å²) in [6.07, 6.45) is 1.42. The van der Waals surface area contributed by atoms with Gasteiger partial charge in [0.25, 0.3) is 0 Å². The van der Waals surface area contributed by atoms with Crippen molar-refractivity contribution in [1.29, 1.82) is 0 Å². The molecule has 1 aliphatic rings. The normalized spacial score (nSPS) is 20.9. The van der Waals surface area contributed by atoms with Crippen LogP contribution in [-0.2, 0) is 4.79 Å². The maximum atomic E-state index is 11.0. The molecule has 0 aliphatic carbocycles. The number of carbonyl (C=O) groups is 1. The summed E-state index contributed by atoms with van der Waals surface area (Å²) in [5, 5.41) is 12.2. The highest BCUT2D eigenvalue weighted by Crippen LogP contribution is 2.30. The number of carbonyl (C=O) groups excluding carboxylic acids is 1. The Bertz CT molecular complexity index is 378. The largest absolute Gasteiger partial charge is 0.507 e. The average molecular weight is 256 g/mol. The number of rotatable bonds is 1. The zero-order chi connectivity index (χ0) is 10.1. The van der Waals surface area contributed by atoms with Crippen LogP contribution in [0.3, 0.4) is 0 Å². The fourth-order valence-corrected chi connectivity index (χ4v) is 2.00. The molecule has 1 aromatic carbocycles. The van der Waals surface area contributed by atoms with Crippen LogP contribution in [0, 0.1) is 0 Å². The lowest BCUT2D eigenvalue weighted by Gasteiger charge is -2.10. The number of hydrogen-bond acceptors (Lipinski definition) is 2. The van der Waals surface area contributed by atoms with Gasteiger partial charge >= 0.3 is 0 Å². The van der Waals surface area contributed by atoms with Crippen LogP contribution in [0.2, 0.25) is 0 Å².